The fraction of sp³-hybridized carbons (Fsp3) is 0.724. The number of hydrogen-bond acceptors (Lipinski definition) is 1. The van der Waals surface area contributed by atoms with Crippen molar-refractivity contribution >= 4 is 0 Å². The fourth-order valence-electron chi connectivity index (χ4n) is 6.32. The Kier molecular flexibility index (Phi) is 7.96. The van der Waals surface area contributed by atoms with Gasteiger partial charge in [-0.2, -0.15) is 0 Å². The van der Waals surface area contributed by atoms with Gasteiger partial charge in [-0.1, -0.05) is 63.8 Å². The van der Waals surface area contributed by atoms with Gasteiger partial charge >= 0.3 is 0 Å². The van der Waals surface area contributed by atoms with Gasteiger partial charge in [0.2, 0.25) is 0 Å². The smallest absolute Gasteiger partial charge is 0.119 e. The molecule has 30 heavy (non-hydrogen) atoms. The maximum Gasteiger partial charge on any atom is 0.119 e. The van der Waals surface area contributed by atoms with E-state index in [0.29, 0.717) is 5.92 Å². The standard InChI is InChI=1S/C29H44O/c1-22-5-11-25(12-6-22)27-15-9-24(10-16-27)4-3-21-30-29-19-17-28(18-20-29)26-13-7-23(2)8-14-26/h7,13,17-20,22-27H,3-6,8-12,14-16,21H2,1-2H3. The molecule has 0 spiro atoms. The first-order valence-corrected chi connectivity index (χ1v) is 13.1. The molecular weight excluding hydrogens is 364 g/mol. The summed E-state index contributed by atoms with van der Waals surface area (Å²) in [5.74, 6) is 6.43. The van der Waals surface area contributed by atoms with Crippen molar-refractivity contribution in [3.8, 4) is 5.75 Å². The fourth-order valence-corrected chi connectivity index (χ4v) is 6.32. The molecule has 2 saturated carbocycles. The van der Waals surface area contributed by atoms with Crippen LogP contribution in [0.2, 0.25) is 0 Å². The van der Waals surface area contributed by atoms with Gasteiger partial charge in [0.15, 0.2) is 0 Å². The average Bonchev–Trinajstić information content (AvgIpc) is 2.79. The largest absolute Gasteiger partial charge is 0.494 e. The number of benzene rings is 1. The van der Waals surface area contributed by atoms with Crippen LogP contribution in [0, 0.1) is 29.6 Å². The Morgan fingerprint density at radius 2 is 1.40 bits per heavy atom. The molecule has 4 rings (SSSR count). The van der Waals surface area contributed by atoms with E-state index in [9.17, 15) is 0 Å². The van der Waals surface area contributed by atoms with Crippen molar-refractivity contribution < 1.29 is 4.74 Å². The first kappa shape index (κ1) is 22.0. The minimum atomic E-state index is 0.599. The van der Waals surface area contributed by atoms with Gasteiger partial charge in [-0.05, 0) is 98.7 Å². The van der Waals surface area contributed by atoms with E-state index >= 15 is 0 Å². The van der Waals surface area contributed by atoms with Crippen LogP contribution in [0.3, 0.4) is 0 Å². The summed E-state index contributed by atoms with van der Waals surface area (Å²) in [7, 11) is 0. The summed E-state index contributed by atoms with van der Waals surface area (Å²) in [4.78, 5) is 0. The van der Waals surface area contributed by atoms with Crippen molar-refractivity contribution in [3.63, 3.8) is 0 Å². The number of ether oxygens (including phenoxy) is 1. The van der Waals surface area contributed by atoms with Crippen LogP contribution in [-0.4, -0.2) is 6.61 Å². The summed E-state index contributed by atoms with van der Waals surface area (Å²) in [6.45, 7) is 5.63. The van der Waals surface area contributed by atoms with Crippen molar-refractivity contribution in [2.45, 2.75) is 96.8 Å². The maximum absolute atomic E-state index is 6.06. The van der Waals surface area contributed by atoms with Gasteiger partial charge in [-0.25, -0.2) is 0 Å². The summed E-state index contributed by atoms with van der Waals surface area (Å²) in [5.41, 5.74) is 1.44. The van der Waals surface area contributed by atoms with Crippen LogP contribution in [-0.2, 0) is 0 Å². The highest BCUT2D eigenvalue weighted by molar-refractivity contribution is 5.32. The zero-order valence-electron chi connectivity index (χ0n) is 19.5. The van der Waals surface area contributed by atoms with Crippen LogP contribution in [0.5, 0.6) is 5.75 Å². The van der Waals surface area contributed by atoms with Crippen molar-refractivity contribution in [2.24, 2.45) is 29.6 Å². The van der Waals surface area contributed by atoms with E-state index < -0.39 is 0 Å². The van der Waals surface area contributed by atoms with Gasteiger partial charge < -0.3 is 4.74 Å². The molecule has 0 heterocycles. The predicted molar refractivity (Wildman–Crippen MR) is 128 cm³/mol. The zero-order valence-corrected chi connectivity index (χ0v) is 19.5. The first-order chi connectivity index (χ1) is 14.7. The Morgan fingerprint density at radius 1 is 0.733 bits per heavy atom. The van der Waals surface area contributed by atoms with Gasteiger partial charge in [-0.15, -0.1) is 0 Å². The molecule has 0 saturated heterocycles. The normalized spacial score (nSPS) is 34.6. The Morgan fingerprint density at radius 3 is 2.03 bits per heavy atom. The lowest BCUT2D eigenvalue weighted by Crippen LogP contribution is -2.25. The van der Waals surface area contributed by atoms with Gasteiger partial charge in [-0.3, -0.25) is 0 Å². The van der Waals surface area contributed by atoms with Crippen LogP contribution in [0.15, 0.2) is 36.4 Å². The molecule has 2 atom stereocenters. The highest BCUT2D eigenvalue weighted by Gasteiger charge is 2.29. The topological polar surface area (TPSA) is 9.23 Å². The summed E-state index contributed by atoms with van der Waals surface area (Å²) in [6.07, 6.45) is 21.9. The van der Waals surface area contributed by atoms with Crippen molar-refractivity contribution in [3.05, 3.63) is 42.0 Å². The van der Waals surface area contributed by atoms with E-state index in [1.54, 1.807) is 0 Å². The van der Waals surface area contributed by atoms with E-state index in [-0.39, 0.29) is 0 Å². The number of rotatable bonds is 7. The molecule has 0 aromatic heterocycles. The lowest BCUT2D eigenvalue weighted by Gasteiger charge is -2.37. The highest BCUT2D eigenvalue weighted by Crippen LogP contribution is 2.42. The molecule has 0 amide bonds. The Balaban J connectivity index is 1.11. The van der Waals surface area contributed by atoms with Crippen LogP contribution < -0.4 is 4.74 Å². The molecule has 1 nitrogen and oxygen atoms in total. The van der Waals surface area contributed by atoms with Crippen LogP contribution in [0.4, 0.5) is 0 Å². The number of hydrogen-bond donors (Lipinski definition) is 0. The molecule has 2 fully saturated rings. The van der Waals surface area contributed by atoms with E-state index in [4.69, 9.17) is 4.74 Å². The first-order valence-electron chi connectivity index (χ1n) is 13.1. The average molecular weight is 409 g/mol. The van der Waals surface area contributed by atoms with Crippen LogP contribution in [0.25, 0.3) is 0 Å². The molecule has 3 aliphatic rings. The molecule has 1 heteroatoms. The Bertz CT molecular complexity index is 643. The molecule has 1 aromatic carbocycles. The Hall–Kier alpha value is -1.24. The monoisotopic (exact) mass is 408 g/mol. The molecule has 0 N–H and O–H groups in total. The summed E-state index contributed by atoms with van der Waals surface area (Å²) >= 11 is 0. The second-order valence-electron chi connectivity index (χ2n) is 10.9. The quantitative estimate of drug-likeness (QED) is 0.324. The number of allylic oxidation sites excluding steroid dienone is 2. The van der Waals surface area contributed by atoms with Crippen LogP contribution in [0.1, 0.15) is 102 Å². The molecular formula is C29H44O. The predicted octanol–water partition coefficient (Wildman–Crippen LogP) is 8.55. The van der Waals surface area contributed by atoms with E-state index in [2.05, 4.69) is 50.3 Å². The van der Waals surface area contributed by atoms with E-state index in [1.165, 1.54) is 82.6 Å². The molecule has 3 aliphatic carbocycles. The summed E-state index contributed by atoms with van der Waals surface area (Å²) in [6, 6.07) is 8.90. The summed E-state index contributed by atoms with van der Waals surface area (Å²) in [5, 5.41) is 0. The van der Waals surface area contributed by atoms with Crippen molar-refractivity contribution in [1.82, 2.24) is 0 Å². The van der Waals surface area contributed by atoms with E-state index in [0.717, 1.165) is 41.9 Å². The van der Waals surface area contributed by atoms with Crippen LogP contribution >= 0.6 is 0 Å². The third-order valence-electron chi connectivity index (χ3n) is 8.56. The SMILES string of the molecule is CC1C=CC(c2ccc(OCCCC3CCC(C4CCC(C)CC4)CC3)cc2)CC1. The molecule has 0 bridgehead atoms. The second kappa shape index (κ2) is 10.9. The maximum atomic E-state index is 6.06. The zero-order chi connectivity index (χ0) is 20.8. The minimum Gasteiger partial charge on any atom is -0.494 e. The van der Waals surface area contributed by atoms with Gasteiger partial charge in [0.25, 0.3) is 0 Å². The van der Waals surface area contributed by atoms with Crippen molar-refractivity contribution in [2.75, 3.05) is 6.61 Å². The van der Waals surface area contributed by atoms with Gasteiger partial charge in [0.05, 0.1) is 6.61 Å². The molecule has 0 radical (unpaired) electrons. The lowest BCUT2D eigenvalue weighted by atomic mass is 9.69. The van der Waals surface area contributed by atoms with Gasteiger partial charge in [0, 0.05) is 5.92 Å². The lowest BCUT2D eigenvalue weighted by molar-refractivity contribution is 0.144. The highest BCUT2D eigenvalue weighted by atomic mass is 16.5. The Labute approximate surface area is 185 Å². The third kappa shape index (κ3) is 6.14. The second-order valence-corrected chi connectivity index (χ2v) is 10.9. The molecule has 0 aliphatic heterocycles. The molecule has 2 unspecified atom stereocenters. The van der Waals surface area contributed by atoms with E-state index in [1.807, 2.05) is 0 Å². The summed E-state index contributed by atoms with van der Waals surface area (Å²) < 4.78 is 6.06. The third-order valence-corrected chi connectivity index (χ3v) is 8.56. The van der Waals surface area contributed by atoms with Gasteiger partial charge in [0.1, 0.15) is 5.75 Å². The molecule has 166 valence electrons. The molecule has 1 aromatic rings. The van der Waals surface area contributed by atoms with Crippen molar-refractivity contribution in [1.29, 1.82) is 0 Å². The minimum absolute atomic E-state index is 0.599.